The molecule has 0 bridgehead atoms. The molecule has 0 aliphatic carbocycles. The highest BCUT2D eigenvalue weighted by Gasteiger charge is 2.34. The average Bonchev–Trinajstić information content (AvgIpc) is 3.22. The summed E-state index contributed by atoms with van der Waals surface area (Å²) in [6.07, 6.45) is -4.51. The number of phenolic OH excluding ortho intramolecular Hbond substituents is 1. The number of hydrogen-bond donors (Lipinski definition) is 1. The summed E-state index contributed by atoms with van der Waals surface area (Å²) in [6, 6.07) is 27.6. The highest BCUT2D eigenvalue weighted by atomic mass is 19.4. The summed E-state index contributed by atoms with van der Waals surface area (Å²) < 4.78 is 48.6. The number of ether oxygens (including phenoxy) is 1. The zero-order valence-electron chi connectivity index (χ0n) is 18.5. The molecule has 1 N–H and O–H groups in total. The van der Waals surface area contributed by atoms with Crippen LogP contribution in [0.1, 0.15) is 16.7 Å². The van der Waals surface area contributed by atoms with Crippen LogP contribution in [-0.4, -0.2) is 14.9 Å². The molecule has 176 valence electrons. The second-order valence-electron chi connectivity index (χ2n) is 8.17. The number of fused-ring (bicyclic) bond motifs is 1. The van der Waals surface area contributed by atoms with E-state index in [1.54, 1.807) is 47.1 Å². The fraction of sp³-hybridized carbons (Fsp3) is 0.107. The molecule has 1 aromatic heterocycles. The first-order valence-electron chi connectivity index (χ1n) is 11.0. The van der Waals surface area contributed by atoms with E-state index in [2.05, 4.69) is 5.10 Å². The molecule has 0 amide bonds. The van der Waals surface area contributed by atoms with Gasteiger partial charge < -0.3 is 9.84 Å². The number of aromatic hydroxyl groups is 1. The number of nitrogens with zero attached hydrogens (tertiary/aromatic N) is 2. The van der Waals surface area contributed by atoms with Crippen molar-refractivity contribution in [2.24, 2.45) is 0 Å². The molecule has 0 saturated heterocycles. The lowest BCUT2D eigenvalue weighted by atomic mass is 10.0. The van der Waals surface area contributed by atoms with Crippen molar-refractivity contribution in [1.29, 1.82) is 0 Å². The van der Waals surface area contributed by atoms with Crippen LogP contribution < -0.4 is 4.74 Å². The zero-order chi connectivity index (χ0) is 24.4. The van der Waals surface area contributed by atoms with Gasteiger partial charge in [-0.25, -0.2) is 0 Å². The van der Waals surface area contributed by atoms with Crippen LogP contribution in [0, 0.1) is 0 Å². The van der Waals surface area contributed by atoms with E-state index >= 15 is 0 Å². The lowest BCUT2D eigenvalue weighted by molar-refractivity contribution is -0.136. The van der Waals surface area contributed by atoms with Crippen molar-refractivity contribution in [3.63, 3.8) is 0 Å². The molecule has 0 fully saturated rings. The third kappa shape index (κ3) is 4.84. The van der Waals surface area contributed by atoms with Crippen LogP contribution in [0.25, 0.3) is 22.2 Å². The summed E-state index contributed by atoms with van der Waals surface area (Å²) in [4.78, 5) is 0. The van der Waals surface area contributed by atoms with E-state index in [0.717, 1.165) is 22.8 Å². The number of rotatable bonds is 6. The summed E-state index contributed by atoms with van der Waals surface area (Å²) in [6.45, 7) is 0.657. The van der Waals surface area contributed by atoms with E-state index in [4.69, 9.17) is 4.74 Å². The van der Waals surface area contributed by atoms with Gasteiger partial charge in [0.15, 0.2) is 0 Å². The standard InChI is InChI=1S/C28H21F3N2O2/c29-28(30,31)25-8-4-7-24-26(25)32-33(17-19-5-2-1-3-6-19)27(24)21-11-15-23(16-12-21)35-18-20-9-13-22(34)14-10-20/h1-16,34H,17-18H2. The minimum absolute atomic E-state index is 0.0708. The van der Waals surface area contributed by atoms with Crippen LogP contribution >= 0.6 is 0 Å². The predicted molar refractivity (Wildman–Crippen MR) is 128 cm³/mol. The van der Waals surface area contributed by atoms with E-state index in [9.17, 15) is 18.3 Å². The molecule has 1 heterocycles. The Morgan fingerprint density at radius 2 is 1.49 bits per heavy atom. The van der Waals surface area contributed by atoms with Crippen molar-refractivity contribution >= 4 is 10.9 Å². The van der Waals surface area contributed by atoms with Gasteiger partial charge in [0.25, 0.3) is 0 Å². The Bertz CT molecular complexity index is 1440. The van der Waals surface area contributed by atoms with Gasteiger partial charge in [0, 0.05) is 10.9 Å². The largest absolute Gasteiger partial charge is 0.508 e. The molecule has 4 nitrogen and oxygen atoms in total. The summed E-state index contributed by atoms with van der Waals surface area (Å²) in [5.41, 5.74) is 2.36. The first-order valence-corrected chi connectivity index (χ1v) is 11.0. The minimum atomic E-state index is -4.51. The molecule has 0 radical (unpaired) electrons. The van der Waals surface area contributed by atoms with Crippen LogP contribution in [0.4, 0.5) is 13.2 Å². The van der Waals surface area contributed by atoms with Gasteiger partial charge >= 0.3 is 6.18 Å². The van der Waals surface area contributed by atoms with Gasteiger partial charge in [0.1, 0.15) is 23.6 Å². The first kappa shape index (κ1) is 22.5. The molecule has 4 aromatic carbocycles. The molecular weight excluding hydrogens is 453 g/mol. The molecule has 35 heavy (non-hydrogen) atoms. The molecule has 0 spiro atoms. The summed E-state index contributed by atoms with van der Waals surface area (Å²) in [5.74, 6) is 0.808. The van der Waals surface area contributed by atoms with Crippen molar-refractivity contribution in [2.75, 3.05) is 0 Å². The number of benzene rings is 4. The van der Waals surface area contributed by atoms with Gasteiger partial charge in [-0.2, -0.15) is 18.3 Å². The molecule has 5 rings (SSSR count). The summed E-state index contributed by atoms with van der Waals surface area (Å²) in [7, 11) is 0. The number of phenols is 1. The Kier molecular flexibility index (Phi) is 5.91. The Hall–Kier alpha value is -4.26. The summed E-state index contributed by atoms with van der Waals surface area (Å²) >= 11 is 0. The molecular formula is C28H21F3N2O2. The topological polar surface area (TPSA) is 47.3 Å². The maximum atomic E-state index is 13.7. The fourth-order valence-electron chi connectivity index (χ4n) is 4.02. The van der Waals surface area contributed by atoms with Crippen LogP contribution in [-0.2, 0) is 19.3 Å². The zero-order valence-corrected chi connectivity index (χ0v) is 18.5. The third-order valence-corrected chi connectivity index (χ3v) is 5.72. The maximum absolute atomic E-state index is 13.7. The molecule has 7 heteroatoms. The quantitative estimate of drug-likeness (QED) is 0.287. The van der Waals surface area contributed by atoms with E-state index in [1.807, 2.05) is 42.5 Å². The molecule has 0 aliphatic heterocycles. The van der Waals surface area contributed by atoms with Gasteiger partial charge in [-0.1, -0.05) is 54.6 Å². The smallest absolute Gasteiger partial charge is 0.418 e. The molecule has 0 unspecified atom stereocenters. The van der Waals surface area contributed by atoms with E-state index in [-0.39, 0.29) is 11.3 Å². The first-order chi connectivity index (χ1) is 16.9. The second-order valence-corrected chi connectivity index (χ2v) is 8.17. The highest BCUT2D eigenvalue weighted by molar-refractivity contribution is 5.95. The monoisotopic (exact) mass is 474 g/mol. The Morgan fingerprint density at radius 1 is 0.771 bits per heavy atom. The van der Waals surface area contributed by atoms with Crippen LogP contribution in [0.3, 0.4) is 0 Å². The number of alkyl halides is 3. The van der Waals surface area contributed by atoms with Gasteiger partial charge in [0.05, 0.1) is 17.8 Å². The Morgan fingerprint density at radius 3 is 2.17 bits per heavy atom. The van der Waals surface area contributed by atoms with Crippen molar-refractivity contribution in [1.82, 2.24) is 9.78 Å². The van der Waals surface area contributed by atoms with Crippen molar-refractivity contribution in [2.45, 2.75) is 19.3 Å². The lowest BCUT2D eigenvalue weighted by Gasteiger charge is -2.10. The molecule has 0 saturated carbocycles. The molecule has 0 aliphatic rings. The van der Waals surface area contributed by atoms with E-state index in [0.29, 0.717) is 30.0 Å². The highest BCUT2D eigenvalue weighted by Crippen LogP contribution is 2.38. The van der Waals surface area contributed by atoms with Crippen LogP contribution in [0.15, 0.2) is 97.1 Å². The normalized spacial score (nSPS) is 11.6. The van der Waals surface area contributed by atoms with Crippen LogP contribution in [0.5, 0.6) is 11.5 Å². The van der Waals surface area contributed by atoms with Crippen molar-refractivity contribution in [3.05, 3.63) is 114 Å². The van der Waals surface area contributed by atoms with E-state index in [1.165, 1.54) is 6.07 Å². The van der Waals surface area contributed by atoms with Gasteiger partial charge in [-0.15, -0.1) is 0 Å². The lowest BCUT2D eigenvalue weighted by Crippen LogP contribution is -2.06. The van der Waals surface area contributed by atoms with Gasteiger partial charge in [-0.3, -0.25) is 4.68 Å². The Balaban J connectivity index is 1.51. The van der Waals surface area contributed by atoms with Gasteiger partial charge in [0.2, 0.25) is 0 Å². The minimum Gasteiger partial charge on any atom is -0.508 e. The fourth-order valence-corrected chi connectivity index (χ4v) is 4.02. The van der Waals surface area contributed by atoms with Crippen LogP contribution in [0.2, 0.25) is 0 Å². The molecule has 0 atom stereocenters. The molecule has 5 aromatic rings. The number of halogens is 3. The third-order valence-electron chi connectivity index (χ3n) is 5.72. The number of aromatic nitrogens is 2. The maximum Gasteiger partial charge on any atom is 0.418 e. The second kappa shape index (κ2) is 9.18. The van der Waals surface area contributed by atoms with Crippen molar-refractivity contribution < 1.29 is 23.0 Å². The van der Waals surface area contributed by atoms with Crippen molar-refractivity contribution in [3.8, 4) is 22.8 Å². The summed E-state index contributed by atoms with van der Waals surface area (Å²) in [5, 5.41) is 14.2. The average molecular weight is 474 g/mol. The number of hydrogen-bond acceptors (Lipinski definition) is 3. The van der Waals surface area contributed by atoms with E-state index < -0.39 is 11.7 Å². The SMILES string of the molecule is Oc1ccc(COc2ccc(-c3c4cccc(C(F)(F)F)c4nn3Cc3ccccc3)cc2)cc1. The predicted octanol–water partition coefficient (Wildman–Crippen LogP) is 7.06. The Labute approximate surface area is 199 Å². The van der Waals surface area contributed by atoms with Gasteiger partial charge in [-0.05, 0) is 53.6 Å².